The lowest BCUT2D eigenvalue weighted by atomic mass is 9.86. The molecule has 2 unspecified atom stereocenters. The lowest BCUT2D eigenvalue weighted by molar-refractivity contribution is 0.0695. The van der Waals surface area contributed by atoms with Gasteiger partial charge in [0.15, 0.2) is 5.82 Å². The molecule has 28 heavy (non-hydrogen) atoms. The molecule has 1 aromatic carbocycles. The summed E-state index contributed by atoms with van der Waals surface area (Å²) in [7, 11) is 0. The highest BCUT2D eigenvalue weighted by atomic mass is 19.1. The van der Waals surface area contributed by atoms with Crippen molar-refractivity contribution in [2.24, 2.45) is 11.8 Å². The van der Waals surface area contributed by atoms with Gasteiger partial charge in [0.25, 0.3) is 0 Å². The number of pyridine rings is 1. The highest BCUT2D eigenvalue weighted by molar-refractivity contribution is 5.94. The van der Waals surface area contributed by atoms with E-state index in [2.05, 4.69) is 12.2 Å². The summed E-state index contributed by atoms with van der Waals surface area (Å²) in [5.41, 5.74) is -1.38. The predicted molar refractivity (Wildman–Crippen MR) is 101 cm³/mol. The van der Waals surface area contributed by atoms with E-state index in [9.17, 15) is 19.1 Å². The summed E-state index contributed by atoms with van der Waals surface area (Å²) in [5.74, 6) is -2.21. The first-order chi connectivity index (χ1) is 13.5. The Labute approximate surface area is 159 Å². The minimum Gasteiger partial charge on any atom is -0.477 e. The summed E-state index contributed by atoms with van der Waals surface area (Å²) >= 11 is 0. The Bertz CT molecular complexity index is 1070. The molecule has 2 fully saturated rings. The number of hydrogen-bond acceptors (Lipinski definition) is 3. The lowest BCUT2D eigenvalue weighted by Crippen LogP contribution is -2.25. The number of anilines is 1. The van der Waals surface area contributed by atoms with Crippen LogP contribution in [-0.4, -0.2) is 28.7 Å². The van der Waals surface area contributed by atoms with Crippen LogP contribution in [0.2, 0.25) is 0 Å². The van der Waals surface area contributed by atoms with Gasteiger partial charge in [0.1, 0.15) is 17.1 Å². The predicted octanol–water partition coefficient (Wildman–Crippen LogP) is 3.72. The molecule has 0 radical (unpaired) electrons. The summed E-state index contributed by atoms with van der Waals surface area (Å²) < 4.78 is 32.1. The quantitative estimate of drug-likeness (QED) is 0.817. The maximum Gasteiger partial charge on any atom is 0.341 e. The standard InChI is InChI=1S/C21H20F2N2O3/c22-16-7-14-18(25(13-5-6-13)10-15(20(14)26)21(27)28)17(23)19(16)24-8-11-3-1-2-4-12(11)9-24/h1-2,7,10-13H,3-6,8-9H2,(H,27,28). The van der Waals surface area contributed by atoms with Crippen LogP contribution in [0.1, 0.15) is 42.1 Å². The van der Waals surface area contributed by atoms with E-state index >= 15 is 4.39 Å². The molecule has 0 amide bonds. The van der Waals surface area contributed by atoms with Gasteiger partial charge in [-0.3, -0.25) is 4.79 Å². The highest BCUT2D eigenvalue weighted by Crippen LogP contribution is 2.42. The van der Waals surface area contributed by atoms with Crippen molar-refractivity contribution in [2.45, 2.75) is 31.7 Å². The van der Waals surface area contributed by atoms with Crippen LogP contribution < -0.4 is 10.3 Å². The molecule has 1 N–H and O–H groups in total. The van der Waals surface area contributed by atoms with Gasteiger partial charge in [-0.05, 0) is 43.6 Å². The van der Waals surface area contributed by atoms with Crippen LogP contribution in [0.25, 0.3) is 10.9 Å². The van der Waals surface area contributed by atoms with E-state index in [1.54, 1.807) is 4.90 Å². The van der Waals surface area contributed by atoms with Gasteiger partial charge >= 0.3 is 5.97 Å². The SMILES string of the molecule is O=C(O)c1cn(C2CC2)c2c(F)c(N3CC4CC=CCC4C3)c(F)cc2c1=O. The zero-order valence-corrected chi connectivity index (χ0v) is 15.2. The highest BCUT2D eigenvalue weighted by Gasteiger charge is 2.37. The number of hydrogen-bond donors (Lipinski definition) is 1. The molecule has 2 aliphatic carbocycles. The molecule has 3 aliphatic rings. The van der Waals surface area contributed by atoms with Gasteiger partial charge in [-0.2, -0.15) is 0 Å². The normalized spacial score (nSPS) is 24.0. The summed E-state index contributed by atoms with van der Waals surface area (Å²) in [6, 6.07) is 0.959. The Morgan fingerprint density at radius 2 is 1.75 bits per heavy atom. The Kier molecular flexibility index (Phi) is 3.82. The second-order valence-electron chi connectivity index (χ2n) is 8.10. The second kappa shape index (κ2) is 6.15. The number of halogens is 2. The fourth-order valence-corrected chi connectivity index (χ4v) is 4.71. The van der Waals surface area contributed by atoms with Crippen molar-refractivity contribution in [3.63, 3.8) is 0 Å². The number of carboxylic acids is 1. The van der Waals surface area contributed by atoms with E-state index in [0.717, 1.165) is 31.7 Å². The monoisotopic (exact) mass is 386 g/mol. The molecule has 1 aromatic heterocycles. The first-order valence-corrected chi connectivity index (χ1v) is 9.65. The number of benzene rings is 1. The molecule has 5 nitrogen and oxygen atoms in total. The number of aromatic nitrogens is 1. The molecule has 2 atom stereocenters. The summed E-state index contributed by atoms with van der Waals surface area (Å²) in [5, 5.41) is 9.12. The number of aromatic carboxylic acids is 1. The number of fused-ring (bicyclic) bond motifs is 2. The van der Waals surface area contributed by atoms with Crippen molar-refractivity contribution in [2.75, 3.05) is 18.0 Å². The van der Waals surface area contributed by atoms with E-state index in [1.807, 2.05) is 0 Å². The molecule has 1 saturated carbocycles. The van der Waals surface area contributed by atoms with Crippen LogP contribution in [0.5, 0.6) is 0 Å². The minimum atomic E-state index is -1.39. The first kappa shape index (κ1) is 17.4. The Morgan fingerprint density at radius 3 is 2.32 bits per heavy atom. The first-order valence-electron chi connectivity index (χ1n) is 9.65. The van der Waals surface area contributed by atoms with E-state index in [0.29, 0.717) is 24.9 Å². The number of rotatable bonds is 3. The number of nitrogens with zero attached hydrogens (tertiary/aromatic N) is 2. The van der Waals surface area contributed by atoms with Crippen molar-refractivity contribution in [1.82, 2.24) is 4.57 Å². The third-order valence-corrected chi connectivity index (χ3v) is 6.29. The molecular formula is C21H20F2N2O3. The van der Waals surface area contributed by atoms with E-state index in [1.165, 1.54) is 10.8 Å². The summed E-state index contributed by atoms with van der Waals surface area (Å²) in [4.78, 5) is 25.7. The summed E-state index contributed by atoms with van der Waals surface area (Å²) in [6.45, 7) is 1.16. The average Bonchev–Trinajstić information content (AvgIpc) is 3.41. The van der Waals surface area contributed by atoms with Crippen molar-refractivity contribution < 1.29 is 18.7 Å². The number of allylic oxidation sites excluding steroid dienone is 2. The van der Waals surface area contributed by atoms with Gasteiger partial charge in [0.05, 0.1) is 10.9 Å². The summed E-state index contributed by atoms with van der Waals surface area (Å²) in [6.07, 6.45) is 8.83. The fraction of sp³-hybridized carbons (Fsp3) is 0.429. The second-order valence-corrected chi connectivity index (χ2v) is 8.10. The zero-order valence-electron chi connectivity index (χ0n) is 15.2. The van der Waals surface area contributed by atoms with E-state index < -0.39 is 28.6 Å². The van der Waals surface area contributed by atoms with E-state index in [4.69, 9.17) is 0 Å². The van der Waals surface area contributed by atoms with Crippen LogP contribution in [0.15, 0.2) is 29.2 Å². The Morgan fingerprint density at radius 1 is 1.11 bits per heavy atom. The molecule has 2 heterocycles. The maximum atomic E-state index is 15.6. The van der Waals surface area contributed by atoms with Gasteiger partial charge in [0, 0.05) is 25.3 Å². The third-order valence-electron chi connectivity index (χ3n) is 6.29. The van der Waals surface area contributed by atoms with Crippen molar-refractivity contribution in [1.29, 1.82) is 0 Å². The van der Waals surface area contributed by atoms with Gasteiger partial charge in [-0.25, -0.2) is 13.6 Å². The molecule has 1 aliphatic heterocycles. The fourth-order valence-electron chi connectivity index (χ4n) is 4.71. The smallest absolute Gasteiger partial charge is 0.341 e. The van der Waals surface area contributed by atoms with Gasteiger partial charge in [-0.15, -0.1) is 0 Å². The minimum absolute atomic E-state index is 0.0156. The van der Waals surface area contributed by atoms with Gasteiger partial charge in [0.2, 0.25) is 5.43 Å². The van der Waals surface area contributed by atoms with Crippen LogP contribution >= 0.6 is 0 Å². The molecular weight excluding hydrogens is 366 g/mol. The lowest BCUT2D eigenvalue weighted by Gasteiger charge is -2.22. The van der Waals surface area contributed by atoms with Gasteiger partial charge < -0.3 is 14.6 Å². The van der Waals surface area contributed by atoms with Crippen molar-refractivity contribution in [3.8, 4) is 0 Å². The van der Waals surface area contributed by atoms with Gasteiger partial charge in [-0.1, -0.05) is 12.2 Å². The molecule has 2 aromatic rings. The largest absolute Gasteiger partial charge is 0.477 e. The van der Waals surface area contributed by atoms with Crippen LogP contribution in [0, 0.1) is 23.5 Å². The van der Waals surface area contributed by atoms with Crippen LogP contribution in [-0.2, 0) is 0 Å². The molecule has 5 rings (SSSR count). The third kappa shape index (κ3) is 2.56. The van der Waals surface area contributed by atoms with Crippen LogP contribution in [0.3, 0.4) is 0 Å². The number of carbonyl (C=O) groups is 1. The van der Waals surface area contributed by atoms with Crippen LogP contribution in [0.4, 0.5) is 14.5 Å². The zero-order chi connectivity index (χ0) is 19.6. The number of carboxylic acid groups (broad SMARTS) is 1. The molecule has 0 bridgehead atoms. The molecule has 146 valence electrons. The molecule has 1 saturated heterocycles. The maximum absolute atomic E-state index is 15.6. The molecule has 7 heteroatoms. The Balaban J connectivity index is 1.70. The molecule has 0 spiro atoms. The van der Waals surface area contributed by atoms with Crippen molar-refractivity contribution >= 4 is 22.6 Å². The average molecular weight is 386 g/mol. The topological polar surface area (TPSA) is 62.5 Å². The van der Waals surface area contributed by atoms with E-state index in [-0.39, 0.29) is 22.6 Å². The van der Waals surface area contributed by atoms with Crippen molar-refractivity contribution in [3.05, 3.63) is 51.8 Å². The Hall–Kier alpha value is -2.70.